The third-order valence-corrected chi connectivity index (χ3v) is 3.61. The highest BCUT2D eigenvalue weighted by molar-refractivity contribution is 5.67. The first-order valence-corrected chi connectivity index (χ1v) is 7.81. The fourth-order valence-electron chi connectivity index (χ4n) is 2.37. The van der Waals surface area contributed by atoms with Gasteiger partial charge >= 0.3 is 6.09 Å². The Bertz CT molecular complexity index is 459. The van der Waals surface area contributed by atoms with Crippen molar-refractivity contribution in [3.63, 3.8) is 0 Å². The van der Waals surface area contributed by atoms with Crippen LogP contribution in [0.2, 0.25) is 0 Å². The molecule has 5 nitrogen and oxygen atoms in total. The van der Waals surface area contributed by atoms with Gasteiger partial charge in [-0.25, -0.2) is 4.79 Å². The Balaban J connectivity index is 1.81. The van der Waals surface area contributed by atoms with Crippen LogP contribution in [0.3, 0.4) is 0 Å². The van der Waals surface area contributed by atoms with Crippen LogP contribution in [0, 0.1) is 5.92 Å². The van der Waals surface area contributed by atoms with Crippen LogP contribution in [-0.4, -0.2) is 36.1 Å². The van der Waals surface area contributed by atoms with Gasteiger partial charge in [-0.05, 0) is 17.9 Å². The molecule has 1 aromatic rings. The normalized spacial score (nSPS) is 19.5. The van der Waals surface area contributed by atoms with Gasteiger partial charge in [0, 0.05) is 6.42 Å². The van der Waals surface area contributed by atoms with Crippen LogP contribution in [0.4, 0.5) is 4.79 Å². The molecule has 1 aromatic carbocycles. The van der Waals surface area contributed by atoms with Gasteiger partial charge in [0.15, 0.2) is 0 Å². The average molecular weight is 307 g/mol. The quantitative estimate of drug-likeness (QED) is 0.724. The summed E-state index contributed by atoms with van der Waals surface area (Å²) in [6.45, 7) is 5.04. The number of carbonyl (C=O) groups is 1. The van der Waals surface area contributed by atoms with Gasteiger partial charge in [0.05, 0.1) is 24.9 Å². The third kappa shape index (κ3) is 6.03. The lowest BCUT2D eigenvalue weighted by Gasteiger charge is -2.25. The van der Waals surface area contributed by atoms with Crippen molar-refractivity contribution in [2.75, 3.05) is 6.61 Å². The molecule has 1 aliphatic heterocycles. The van der Waals surface area contributed by atoms with E-state index in [4.69, 9.17) is 9.47 Å². The van der Waals surface area contributed by atoms with Gasteiger partial charge in [0.1, 0.15) is 6.61 Å². The number of benzene rings is 1. The number of hydrogen-bond donors (Lipinski definition) is 2. The Morgan fingerprint density at radius 2 is 2.09 bits per heavy atom. The Morgan fingerprint density at radius 1 is 1.41 bits per heavy atom. The second-order valence-corrected chi connectivity index (χ2v) is 6.20. The van der Waals surface area contributed by atoms with Crippen molar-refractivity contribution in [2.24, 2.45) is 5.92 Å². The zero-order chi connectivity index (χ0) is 15.9. The van der Waals surface area contributed by atoms with Crippen molar-refractivity contribution in [3.05, 3.63) is 35.9 Å². The molecule has 1 heterocycles. The topological polar surface area (TPSA) is 71.1 Å². The maximum absolute atomic E-state index is 11.9. The zero-order valence-corrected chi connectivity index (χ0v) is 13.2. The van der Waals surface area contributed by atoms with Gasteiger partial charge in [-0.3, -0.25) is 0 Å². The number of aliphatic hydroxyl groups is 1. The van der Waals surface area contributed by atoms with Crippen LogP contribution < -0.4 is 5.32 Å². The van der Waals surface area contributed by atoms with Gasteiger partial charge in [-0.15, -0.1) is 0 Å². The van der Waals surface area contributed by atoms with Crippen LogP contribution in [0.5, 0.6) is 0 Å². The molecule has 0 aliphatic carbocycles. The number of aliphatic hydroxyl groups excluding tert-OH is 1. The van der Waals surface area contributed by atoms with E-state index in [2.05, 4.69) is 19.2 Å². The van der Waals surface area contributed by atoms with Crippen LogP contribution >= 0.6 is 0 Å². The van der Waals surface area contributed by atoms with Gasteiger partial charge in [-0.1, -0.05) is 44.2 Å². The van der Waals surface area contributed by atoms with Crippen molar-refractivity contribution in [1.29, 1.82) is 0 Å². The lowest BCUT2D eigenvalue weighted by Crippen LogP contribution is -2.44. The molecule has 3 atom stereocenters. The molecule has 5 heteroatoms. The van der Waals surface area contributed by atoms with Gasteiger partial charge in [-0.2, -0.15) is 0 Å². The van der Waals surface area contributed by atoms with Gasteiger partial charge in [0.25, 0.3) is 0 Å². The highest BCUT2D eigenvalue weighted by atomic mass is 16.6. The van der Waals surface area contributed by atoms with Crippen LogP contribution in [0.1, 0.15) is 32.3 Å². The summed E-state index contributed by atoms with van der Waals surface area (Å²) in [5.41, 5.74) is 0.935. The van der Waals surface area contributed by atoms with E-state index in [1.165, 1.54) is 0 Å². The second kappa shape index (κ2) is 8.15. The zero-order valence-electron chi connectivity index (χ0n) is 13.2. The first-order chi connectivity index (χ1) is 10.5. The minimum Gasteiger partial charge on any atom is -0.445 e. The van der Waals surface area contributed by atoms with E-state index in [1.54, 1.807) is 0 Å². The molecule has 122 valence electrons. The fraction of sp³-hybridized carbons (Fsp3) is 0.588. The highest BCUT2D eigenvalue weighted by Crippen LogP contribution is 2.20. The number of nitrogens with one attached hydrogen (secondary N) is 1. The lowest BCUT2D eigenvalue weighted by atomic mass is 9.96. The summed E-state index contributed by atoms with van der Waals surface area (Å²) in [5.74, 6) is 0.370. The Labute approximate surface area is 131 Å². The predicted molar refractivity (Wildman–Crippen MR) is 83.4 cm³/mol. The Hall–Kier alpha value is -1.59. The van der Waals surface area contributed by atoms with Crippen LogP contribution in [0.15, 0.2) is 30.3 Å². The summed E-state index contributed by atoms with van der Waals surface area (Å²) >= 11 is 0. The van der Waals surface area contributed by atoms with Crippen molar-refractivity contribution < 1.29 is 19.4 Å². The van der Waals surface area contributed by atoms with E-state index in [-0.39, 0.29) is 18.8 Å². The molecule has 0 aromatic heterocycles. The molecule has 1 fully saturated rings. The van der Waals surface area contributed by atoms with Crippen molar-refractivity contribution in [3.8, 4) is 0 Å². The molecule has 2 N–H and O–H groups in total. The standard InChI is InChI=1S/C17H25NO4/c1-12(2)8-15(16(19)9-14-11-21-14)18-17(20)22-10-13-6-4-3-5-7-13/h3-7,12,14-16,19H,8-11H2,1-2H3,(H,18,20)/t14?,15-,16-/m1/s1. The van der Waals surface area contributed by atoms with E-state index >= 15 is 0 Å². The highest BCUT2D eigenvalue weighted by Gasteiger charge is 2.31. The number of hydrogen-bond acceptors (Lipinski definition) is 4. The van der Waals surface area contributed by atoms with Crippen molar-refractivity contribution >= 4 is 6.09 Å². The SMILES string of the molecule is CC(C)C[C@@H](NC(=O)OCc1ccccc1)[C@H](O)CC1CO1. The maximum atomic E-state index is 11.9. The second-order valence-electron chi connectivity index (χ2n) is 6.20. The molecule has 22 heavy (non-hydrogen) atoms. The van der Waals surface area contributed by atoms with E-state index in [9.17, 15) is 9.90 Å². The van der Waals surface area contributed by atoms with Crippen molar-refractivity contribution in [1.82, 2.24) is 5.32 Å². The Morgan fingerprint density at radius 3 is 2.68 bits per heavy atom. The molecule has 1 aliphatic rings. The molecule has 2 rings (SSSR count). The smallest absolute Gasteiger partial charge is 0.407 e. The fourth-order valence-corrected chi connectivity index (χ4v) is 2.37. The maximum Gasteiger partial charge on any atom is 0.407 e. The molecule has 1 saturated heterocycles. The summed E-state index contributed by atoms with van der Waals surface area (Å²) < 4.78 is 10.4. The van der Waals surface area contributed by atoms with Crippen LogP contribution in [-0.2, 0) is 16.1 Å². The molecular formula is C17H25NO4. The summed E-state index contributed by atoms with van der Waals surface area (Å²) in [4.78, 5) is 11.9. The van der Waals surface area contributed by atoms with Crippen molar-refractivity contribution in [2.45, 2.75) is 51.5 Å². The molecule has 0 bridgehead atoms. The van der Waals surface area contributed by atoms with Crippen LogP contribution in [0.25, 0.3) is 0 Å². The largest absolute Gasteiger partial charge is 0.445 e. The average Bonchev–Trinajstić information content (AvgIpc) is 3.29. The van der Waals surface area contributed by atoms with E-state index in [0.717, 1.165) is 5.56 Å². The number of carbonyl (C=O) groups excluding carboxylic acids is 1. The van der Waals surface area contributed by atoms with E-state index in [0.29, 0.717) is 25.4 Å². The molecule has 0 radical (unpaired) electrons. The molecule has 1 amide bonds. The lowest BCUT2D eigenvalue weighted by molar-refractivity contribution is 0.0841. The molecule has 0 spiro atoms. The number of alkyl carbamates (subject to hydrolysis) is 1. The summed E-state index contributed by atoms with van der Waals surface area (Å²) in [6, 6.07) is 9.21. The Kier molecular flexibility index (Phi) is 6.21. The summed E-state index contributed by atoms with van der Waals surface area (Å²) in [7, 11) is 0. The summed E-state index contributed by atoms with van der Waals surface area (Å²) in [6.07, 6.45) is 0.279. The molecule has 0 saturated carbocycles. The number of ether oxygens (including phenoxy) is 2. The number of epoxide rings is 1. The number of amides is 1. The monoisotopic (exact) mass is 307 g/mol. The predicted octanol–water partition coefficient (Wildman–Crippen LogP) is 2.48. The molecular weight excluding hydrogens is 282 g/mol. The first-order valence-electron chi connectivity index (χ1n) is 7.81. The molecule has 1 unspecified atom stereocenters. The van der Waals surface area contributed by atoms with E-state index in [1.807, 2.05) is 30.3 Å². The summed E-state index contributed by atoms with van der Waals surface area (Å²) in [5, 5.41) is 13.0. The number of rotatable bonds is 8. The third-order valence-electron chi connectivity index (χ3n) is 3.61. The van der Waals surface area contributed by atoms with Gasteiger partial charge < -0.3 is 19.9 Å². The first kappa shape index (κ1) is 16.8. The minimum atomic E-state index is -0.612. The van der Waals surface area contributed by atoms with Gasteiger partial charge in [0.2, 0.25) is 0 Å². The minimum absolute atomic E-state index is 0.131. The van der Waals surface area contributed by atoms with E-state index < -0.39 is 12.2 Å².